The summed E-state index contributed by atoms with van der Waals surface area (Å²) in [5.74, 6) is 0. The van der Waals surface area contributed by atoms with Crippen LogP contribution < -0.4 is 0 Å². The molecule has 0 spiro atoms. The van der Waals surface area contributed by atoms with Crippen LogP contribution in [0.3, 0.4) is 0 Å². The van der Waals surface area contributed by atoms with Gasteiger partial charge in [-0.15, -0.1) is 0 Å². The van der Waals surface area contributed by atoms with Crippen molar-refractivity contribution in [1.29, 1.82) is 0 Å². The van der Waals surface area contributed by atoms with Crippen molar-refractivity contribution in [3.63, 3.8) is 0 Å². The molecule has 124 valence electrons. The average Bonchev–Trinajstić information content (AvgIpc) is 2.44. The molecule has 0 bridgehead atoms. The summed E-state index contributed by atoms with van der Waals surface area (Å²) >= 11 is 0. The second kappa shape index (κ2) is 36.2. The highest BCUT2D eigenvalue weighted by Crippen LogP contribution is 1.94. The zero-order chi connectivity index (χ0) is 17.6. The van der Waals surface area contributed by atoms with Gasteiger partial charge in [-0.25, -0.2) is 0 Å². The van der Waals surface area contributed by atoms with E-state index in [1.165, 1.54) is 13.0 Å². The topological polar surface area (TPSA) is 3.24 Å². The summed E-state index contributed by atoms with van der Waals surface area (Å²) in [7, 11) is 4.17. The van der Waals surface area contributed by atoms with Crippen molar-refractivity contribution >= 4 is 0 Å². The Kier molecular flexibility index (Phi) is 57.0. The first-order valence-corrected chi connectivity index (χ1v) is 8.04. The maximum absolute atomic E-state index is 3.70. The largest absolute Gasteiger partial charge is 0.309 e. The standard InChI is InChI=1S/C8H12.C5H13N.3C2H6/c1-7(2)5-6-8(3)4;1-4-5-6(2)3;3*1-2/h5-6H,1,3H2,2,4H3;4-5H2,1-3H3;3*1-2H3/b6-5-;;;;. The summed E-state index contributed by atoms with van der Waals surface area (Å²) in [4.78, 5) is 2.18. The number of nitrogens with zero attached hydrogens (tertiary/aromatic N) is 1. The van der Waals surface area contributed by atoms with Gasteiger partial charge in [-0.3, -0.25) is 0 Å². The third kappa shape index (κ3) is 87.2. The molecule has 0 aromatic rings. The molecule has 0 atom stereocenters. The van der Waals surface area contributed by atoms with Crippen molar-refractivity contribution in [3.05, 3.63) is 36.5 Å². The lowest BCUT2D eigenvalue weighted by molar-refractivity contribution is 0.408. The van der Waals surface area contributed by atoms with Crippen LogP contribution in [0.5, 0.6) is 0 Å². The normalized spacial score (nSPS) is 7.80. The summed E-state index contributed by atoms with van der Waals surface area (Å²) in [5, 5.41) is 0. The first-order valence-electron chi connectivity index (χ1n) is 8.04. The summed E-state index contributed by atoms with van der Waals surface area (Å²) in [6, 6.07) is 0. The molecular formula is C19H43N. The maximum atomic E-state index is 3.70. The van der Waals surface area contributed by atoms with Crippen LogP contribution in [0.25, 0.3) is 0 Å². The Morgan fingerprint density at radius 3 is 1.10 bits per heavy atom. The van der Waals surface area contributed by atoms with Gasteiger partial charge >= 0.3 is 0 Å². The fourth-order valence-electron chi connectivity index (χ4n) is 0.732. The van der Waals surface area contributed by atoms with E-state index in [0.29, 0.717) is 0 Å². The minimum atomic E-state index is 1.06. The fraction of sp³-hybridized carbons (Fsp3) is 0.684. The SMILES string of the molecule is C=C(C)/C=C\C(=C)C.CC.CC.CC.CCCN(C)C. The van der Waals surface area contributed by atoms with Gasteiger partial charge in [-0.2, -0.15) is 0 Å². The summed E-state index contributed by atoms with van der Waals surface area (Å²) in [5.41, 5.74) is 2.13. The minimum Gasteiger partial charge on any atom is -0.309 e. The molecule has 0 aromatic heterocycles. The van der Waals surface area contributed by atoms with E-state index in [4.69, 9.17) is 0 Å². The van der Waals surface area contributed by atoms with Gasteiger partial charge in [0.15, 0.2) is 0 Å². The van der Waals surface area contributed by atoms with Gasteiger partial charge < -0.3 is 4.90 Å². The van der Waals surface area contributed by atoms with Crippen molar-refractivity contribution in [2.24, 2.45) is 0 Å². The highest BCUT2D eigenvalue weighted by Gasteiger charge is 1.79. The first kappa shape index (κ1) is 31.5. The molecule has 0 aromatic carbocycles. The van der Waals surface area contributed by atoms with Crippen LogP contribution in [0.4, 0.5) is 0 Å². The van der Waals surface area contributed by atoms with Crippen molar-refractivity contribution in [2.75, 3.05) is 20.6 Å². The number of hydrogen-bond donors (Lipinski definition) is 0. The molecule has 0 heterocycles. The van der Waals surface area contributed by atoms with Crippen LogP contribution in [0.1, 0.15) is 68.7 Å². The van der Waals surface area contributed by atoms with E-state index in [1.807, 2.05) is 67.5 Å². The van der Waals surface area contributed by atoms with Crippen LogP contribution in [-0.2, 0) is 0 Å². The Hall–Kier alpha value is -0.820. The molecule has 0 saturated carbocycles. The average molecular weight is 286 g/mol. The molecule has 0 aliphatic rings. The minimum absolute atomic E-state index is 1.06. The highest BCUT2D eigenvalue weighted by atomic mass is 15.0. The smallest absolute Gasteiger partial charge is 0.00275 e. The Morgan fingerprint density at radius 1 is 0.800 bits per heavy atom. The quantitative estimate of drug-likeness (QED) is 0.517. The zero-order valence-corrected chi connectivity index (χ0v) is 16.4. The third-order valence-electron chi connectivity index (χ3n) is 1.32. The van der Waals surface area contributed by atoms with Gasteiger partial charge in [0.2, 0.25) is 0 Å². The monoisotopic (exact) mass is 285 g/mol. The first-order chi connectivity index (χ1) is 9.40. The van der Waals surface area contributed by atoms with Crippen LogP contribution in [0, 0.1) is 0 Å². The molecule has 0 aliphatic heterocycles. The van der Waals surface area contributed by atoms with Crippen LogP contribution >= 0.6 is 0 Å². The van der Waals surface area contributed by atoms with Gasteiger partial charge in [0, 0.05) is 0 Å². The highest BCUT2D eigenvalue weighted by molar-refractivity contribution is 5.20. The van der Waals surface area contributed by atoms with Gasteiger partial charge in [0.05, 0.1) is 0 Å². The Morgan fingerprint density at radius 2 is 1.05 bits per heavy atom. The van der Waals surface area contributed by atoms with Gasteiger partial charge in [0.1, 0.15) is 0 Å². The molecule has 0 saturated heterocycles. The van der Waals surface area contributed by atoms with Gasteiger partial charge in [-0.1, -0.05) is 84.9 Å². The van der Waals surface area contributed by atoms with Crippen LogP contribution in [0.15, 0.2) is 36.5 Å². The van der Waals surface area contributed by atoms with E-state index in [9.17, 15) is 0 Å². The summed E-state index contributed by atoms with van der Waals surface area (Å²) < 4.78 is 0. The molecule has 0 amide bonds. The lowest BCUT2D eigenvalue weighted by Gasteiger charge is -2.03. The molecule has 20 heavy (non-hydrogen) atoms. The van der Waals surface area contributed by atoms with E-state index in [1.54, 1.807) is 0 Å². The molecule has 0 radical (unpaired) electrons. The predicted molar refractivity (Wildman–Crippen MR) is 102 cm³/mol. The van der Waals surface area contributed by atoms with Crippen molar-refractivity contribution < 1.29 is 0 Å². The predicted octanol–water partition coefficient (Wildman–Crippen LogP) is 6.73. The second-order valence-corrected chi connectivity index (χ2v) is 3.83. The van der Waals surface area contributed by atoms with E-state index >= 15 is 0 Å². The Bertz CT molecular complexity index is 172. The van der Waals surface area contributed by atoms with E-state index < -0.39 is 0 Å². The van der Waals surface area contributed by atoms with Crippen molar-refractivity contribution in [3.8, 4) is 0 Å². The third-order valence-corrected chi connectivity index (χ3v) is 1.32. The van der Waals surface area contributed by atoms with Crippen molar-refractivity contribution in [1.82, 2.24) is 4.90 Å². The van der Waals surface area contributed by atoms with Crippen LogP contribution in [-0.4, -0.2) is 25.5 Å². The van der Waals surface area contributed by atoms with Crippen molar-refractivity contribution in [2.45, 2.75) is 68.7 Å². The lowest BCUT2D eigenvalue weighted by Crippen LogP contribution is -2.11. The number of hydrogen-bond acceptors (Lipinski definition) is 1. The molecule has 0 unspecified atom stereocenters. The fourth-order valence-corrected chi connectivity index (χ4v) is 0.732. The molecule has 0 rings (SSSR count). The molecular weight excluding hydrogens is 242 g/mol. The summed E-state index contributed by atoms with van der Waals surface area (Å²) in [6.07, 6.45) is 5.15. The maximum Gasteiger partial charge on any atom is -0.00275 e. The molecule has 0 N–H and O–H groups in total. The van der Waals surface area contributed by atoms with Crippen LogP contribution in [0.2, 0.25) is 0 Å². The van der Waals surface area contributed by atoms with Gasteiger partial charge in [0.25, 0.3) is 0 Å². The zero-order valence-electron chi connectivity index (χ0n) is 16.4. The van der Waals surface area contributed by atoms with E-state index in [-0.39, 0.29) is 0 Å². The van der Waals surface area contributed by atoms with E-state index in [2.05, 4.69) is 39.1 Å². The number of rotatable bonds is 4. The van der Waals surface area contributed by atoms with E-state index in [0.717, 1.165) is 11.1 Å². The molecule has 0 aliphatic carbocycles. The lowest BCUT2D eigenvalue weighted by atomic mass is 10.2. The van der Waals surface area contributed by atoms with Gasteiger partial charge in [-0.05, 0) is 40.9 Å². The molecule has 1 nitrogen and oxygen atoms in total. The Labute approximate surface area is 131 Å². The molecule has 1 heteroatoms. The second-order valence-electron chi connectivity index (χ2n) is 3.83. The molecule has 0 fully saturated rings. The number of allylic oxidation sites excluding steroid dienone is 4. The summed E-state index contributed by atoms with van der Waals surface area (Å²) in [6.45, 7) is 26.7. The Balaban J connectivity index is -0.0000000554.